The molecule has 0 radical (unpaired) electrons. The third-order valence-electron chi connectivity index (χ3n) is 6.07. The fourth-order valence-electron chi connectivity index (χ4n) is 4.16. The van der Waals surface area contributed by atoms with Crippen LogP contribution in [0.15, 0.2) is 72.3 Å². The quantitative estimate of drug-likeness (QED) is 0.293. The molecule has 34 heavy (non-hydrogen) atoms. The molecule has 1 aliphatic rings. The highest BCUT2D eigenvalue weighted by Gasteiger charge is 2.47. The van der Waals surface area contributed by atoms with Crippen LogP contribution in [-0.4, -0.2) is 28.5 Å². The highest BCUT2D eigenvalue weighted by molar-refractivity contribution is 6.51. The highest BCUT2D eigenvalue weighted by atomic mass is 16.5. The lowest BCUT2D eigenvalue weighted by Gasteiger charge is -2.27. The lowest BCUT2D eigenvalue weighted by molar-refractivity contribution is -0.132. The standard InChI is InChI=1S/C28H27NO5/c1-4-15-34-22-9-6-8-20(16-22)26(31)24-25(19-11-13-21(30)14-12-19)29(28(33)27(24)32)23-10-5-7-17(2)18(23)3/h5-14,16,25,30-31H,4,15H2,1-3H3/b26-24+. The molecule has 6 nitrogen and oxygen atoms in total. The Bertz CT molecular complexity index is 1280. The van der Waals surface area contributed by atoms with Crippen LogP contribution in [-0.2, 0) is 9.59 Å². The minimum Gasteiger partial charge on any atom is -0.508 e. The first kappa shape index (κ1) is 23.1. The van der Waals surface area contributed by atoms with Gasteiger partial charge < -0.3 is 14.9 Å². The van der Waals surface area contributed by atoms with E-state index in [0.717, 1.165) is 17.5 Å². The first-order chi connectivity index (χ1) is 16.3. The molecule has 4 rings (SSSR count). The van der Waals surface area contributed by atoms with Crippen molar-refractivity contribution in [3.63, 3.8) is 0 Å². The number of hydrogen-bond donors (Lipinski definition) is 2. The van der Waals surface area contributed by atoms with Gasteiger partial charge in [0, 0.05) is 11.3 Å². The summed E-state index contributed by atoms with van der Waals surface area (Å²) in [5, 5.41) is 21.1. The number of carbonyl (C=O) groups excluding carboxylic acids is 2. The molecule has 1 amide bonds. The van der Waals surface area contributed by atoms with Gasteiger partial charge in [0.25, 0.3) is 11.7 Å². The summed E-state index contributed by atoms with van der Waals surface area (Å²) in [7, 11) is 0. The Balaban J connectivity index is 1.92. The molecule has 1 aliphatic heterocycles. The number of benzene rings is 3. The van der Waals surface area contributed by atoms with E-state index in [0.29, 0.717) is 29.2 Å². The van der Waals surface area contributed by atoms with Crippen LogP contribution in [0.1, 0.15) is 41.6 Å². The van der Waals surface area contributed by atoms with E-state index in [1.54, 1.807) is 42.5 Å². The van der Waals surface area contributed by atoms with Crippen molar-refractivity contribution < 1.29 is 24.5 Å². The number of ether oxygens (including phenoxy) is 1. The number of anilines is 1. The third kappa shape index (κ3) is 4.15. The summed E-state index contributed by atoms with van der Waals surface area (Å²) in [5.74, 6) is -1.13. The summed E-state index contributed by atoms with van der Waals surface area (Å²) in [6.07, 6.45) is 0.831. The number of carbonyl (C=O) groups is 2. The van der Waals surface area contributed by atoms with Gasteiger partial charge in [-0.25, -0.2) is 0 Å². The first-order valence-electron chi connectivity index (χ1n) is 11.2. The highest BCUT2D eigenvalue weighted by Crippen LogP contribution is 2.43. The maximum Gasteiger partial charge on any atom is 0.300 e. The van der Waals surface area contributed by atoms with E-state index >= 15 is 0 Å². The molecule has 1 saturated heterocycles. The van der Waals surface area contributed by atoms with Crippen LogP contribution < -0.4 is 9.64 Å². The second-order valence-corrected chi connectivity index (χ2v) is 8.36. The Kier molecular flexibility index (Phi) is 6.41. The van der Waals surface area contributed by atoms with Gasteiger partial charge in [0.15, 0.2) is 0 Å². The van der Waals surface area contributed by atoms with Crippen LogP contribution in [0.3, 0.4) is 0 Å². The summed E-state index contributed by atoms with van der Waals surface area (Å²) in [5.41, 5.74) is 3.41. The number of aromatic hydroxyl groups is 1. The molecule has 6 heteroatoms. The zero-order chi connectivity index (χ0) is 24.4. The van der Waals surface area contributed by atoms with Gasteiger partial charge >= 0.3 is 0 Å². The van der Waals surface area contributed by atoms with Gasteiger partial charge in [-0.05, 0) is 67.3 Å². The summed E-state index contributed by atoms with van der Waals surface area (Å²) in [6, 6.07) is 17.8. The Labute approximate surface area is 198 Å². The SMILES string of the molecule is CCCOc1cccc(/C(O)=C2\C(=O)C(=O)N(c3cccc(C)c3C)C2c2ccc(O)cc2)c1. The number of phenols is 1. The molecule has 1 unspecified atom stereocenters. The Morgan fingerprint density at radius 2 is 1.71 bits per heavy atom. The van der Waals surface area contributed by atoms with Crippen LogP contribution in [0.25, 0.3) is 5.76 Å². The molecule has 0 saturated carbocycles. The van der Waals surface area contributed by atoms with Crippen LogP contribution in [0.5, 0.6) is 11.5 Å². The Hall–Kier alpha value is -4.06. The fourth-order valence-corrected chi connectivity index (χ4v) is 4.16. The normalized spacial score (nSPS) is 17.3. The maximum atomic E-state index is 13.3. The lowest BCUT2D eigenvalue weighted by atomic mass is 9.94. The molecular weight excluding hydrogens is 430 g/mol. The Morgan fingerprint density at radius 1 is 1.00 bits per heavy atom. The van der Waals surface area contributed by atoms with E-state index in [9.17, 15) is 19.8 Å². The van der Waals surface area contributed by atoms with Crippen molar-refractivity contribution in [2.75, 3.05) is 11.5 Å². The van der Waals surface area contributed by atoms with Gasteiger partial charge in [0.05, 0.1) is 18.2 Å². The smallest absolute Gasteiger partial charge is 0.300 e. The summed E-state index contributed by atoms with van der Waals surface area (Å²) < 4.78 is 5.68. The van der Waals surface area contributed by atoms with Crippen molar-refractivity contribution in [3.8, 4) is 11.5 Å². The Morgan fingerprint density at radius 3 is 2.41 bits per heavy atom. The second kappa shape index (κ2) is 9.43. The average Bonchev–Trinajstić information content (AvgIpc) is 3.10. The van der Waals surface area contributed by atoms with Gasteiger partial charge in [0.2, 0.25) is 0 Å². The van der Waals surface area contributed by atoms with Crippen molar-refractivity contribution in [1.29, 1.82) is 0 Å². The number of amides is 1. The number of phenolic OH excluding ortho intramolecular Hbond substituents is 1. The molecule has 0 spiro atoms. The molecule has 1 fully saturated rings. The summed E-state index contributed by atoms with van der Waals surface area (Å²) in [6.45, 7) is 6.35. The van der Waals surface area contributed by atoms with Crippen LogP contribution in [0, 0.1) is 13.8 Å². The molecule has 2 N–H and O–H groups in total. The molecule has 3 aromatic carbocycles. The predicted octanol–water partition coefficient (Wildman–Crippen LogP) is 5.42. The molecule has 174 valence electrons. The number of nitrogens with zero attached hydrogens (tertiary/aromatic N) is 1. The maximum absolute atomic E-state index is 13.3. The predicted molar refractivity (Wildman–Crippen MR) is 131 cm³/mol. The van der Waals surface area contributed by atoms with Crippen molar-refractivity contribution in [3.05, 3.63) is 94.6 Å². The van der Waals surface area contributed by atoms with Gasteiger partial charge in [-0.3, -0.25) is 14.5 Å². The number of Topliss-reactive ketones (excluding diaryl/α,β-unsaturated/α-hetero) is 1. The summed E-state index contributed by atoms with van der Waals surface area (Å²) in [4.78, 5) is 28.1. The minimum absolute atomic E-state index is 0.00997. The number of ketones is 1. The number of rotatable bonds is 6. The van der Waals surface area contributed by atoms with E-state index in [2.05, 4.69) is 0 Å². The molecule has 1 heterocycles. The van der Waals surface area contributed by atoms with Gasteiger partial charge in [0.1, 0.15) is 17.3 Å². The topological polar surface area (TPSA) is 87.1 Å². The zero-order valence-corrected chi connectivity index (χ0v) is 19.4. The van der Waals surface area contributed by atoms with Crippen molar-refractivity contribution in [2.24, 2.45) is 0 Å². The molecule has 3 aromatic rings. The number of hydrogen-bond acceptors (Lipinski definition) is 5. The number of aliphatic hydroxyl groups excluding tert-OH is 1. The van der Waals surface area contributed by atoms with E-state index in [1.165, 1.54) is 17.0 Å². The van der Waals surface area contributed by atoms with Crippen molar-refractivity contribution >= 4 is 23.1 Å². The van der Waals surface area contributed by atoms with Crippen LogP contribution in [0.2, 0.25) is 0 Å². The molecule has 0 aliphatic carbocycles. The van der Waals surface area contributed by atoms with Crippen LogP contribution in [0.4, 0.5) is 5.69 Å². The summed E-state index contributed by atoms with van der Waals surface area (Å²) >= 11 is 0. The number of aryl methyl sites for hydroxylation is 1. The molecule has 1 atom stereocenters. The fraction of sp³-hybridized carbons (Fsp3) is 0.214. The van der Waals surface area contributed by atoms with Gasteiger partial charge in [-0.1, -0.05) is 43.3 Å². The third-order valence-corrected chi connectivity index (χ3v) is 6.07. The van der Waals surface area contributed by atoms with Crippen molar-refractivity contribution in [2.45, 2.75) is 33.2 Å². The van der Waals surface area contributed by atoms with Gasteiger partial charge in [-0.15, -0.1) is 0 Å². The van der Waals surface area contributed by atoms with Gasteiger partial charge in [-0.2, -0.15) is 0 Å². The van der Waals surface area contributed by atoms with Crippen LogP contribution >= 0.6 is 0 Å². The second-order valence-electron chi connectivity index (χ2n) is 8.36. The van der Waals surface area contributed by atoms with E-state index in [4.69, 9.17) is 4.74 Å². The van der Waals surface area contributed by atoms with E-state index in [-0.39, 0.29) is 17.1 Å². The first-order valence-corrected chi connectivity index (χ1v) is 11.2. The molecule has 0 bridgehead atoms. The lowest BCUT2D eigenvalue weighted by Crippen LogP contribution is -2.30. The molecular formula is C28H27NO5. The monoisotopic (exact) mass is 457 g/mol. The van der Waals surface area contributed by atoms with E-state index < -0.39 is 17.7 Å². The molecule has 0 aromatic heterocycles. The average molecular weight is 458 g/mol. The number of aliphatic hydroxyl groups is 1. The largest absolute Gasteiger partial charge is 0.508 e. The minimum atomic E-state index is -0.860. The van der Waals surface area contributed by atoms with Crippen molar-refractivity contribution in [1.82, 2.24) is 0 Å². The zero-order valence-electron chi connectivity index (χ0n) is 19.4. The van der Waals surface area contributed by atoms with E-state index in [1.807, 2.05) is 32.9 Å².